The third kappa shape index (κ3) is 6.04. The van der Waals surface area contributed by atoms with Gasteiger partial charge in [0.2, 0.25) is 0 Å². The van der Waals surface area contributed by atoms with Gasteiger partial charge in [0, 0.05) is 12.6 Å². The van der Waals surface area contributed by atoms with Gasteiger partial charge in [-0.3, -0.25) is 9.69 Å². The van der Waals surface area contributed by atoms with Gasteiger partial charge in [0.1, 0.15) is 22.9 Å². The molecule has 0 heterocycles. The fourth-order valence-electron chi connectivity index (χ4n) is 2.32. The number of nitrogens with one attached hydrogen (secondary N) is 1. The first-order valence-corrected chi connectivity index (χ1v) is 8.57. The summed E-state index contributed by atoms with van der Waals surface area (Å²) in [6.45, 7) is 0.523. The number of ether oxygens (including phenoxy) is 2. The topological polar surface area (TPSA) is 67.9 Å². The second-order valence-corrected chi connectivity index (χ2v) is 5.95. The van der Waals surface area contributed by atoms with Crippen molar-refractivity contribution >= 4 is 23.9 Å². The lowest BCUT2D eigenvalue weighted by atomic mass is 10.2. The summed E-state index contributed by atoms with van der Waals surface area (Å²) in [4.78, 5) is 24.7. The molecule has 0 fully saturated rings. The molecule has 142 valence electrons. The molecule has 2 amide bonds. The zero-order chi connectivity index (χ0) is 19.6. The Labute approximate surface area is 163 Å². The minimum atomic E-state index is -0.412. The molecule has 6 nitrogen and oxygen atoms in total. The lowest BCUT2D eigenvalue weighted by molar-refractivity contribution is -0.104. The van der Waals surface area contributed by atoms with Crippen molar-refractivity contribution in [1.82, 2.24) is 10.2 Å². The van der Waals surface area contributed by atoms with E-state index in [9.17, 15) is 9.59 Å². The highest BCUT2D eigenvalue weighted by molar-refractivity contribution is 6.31. The van der Waals surface area contributed by atoms with Crippen LogP contribution in [0.15, 0.2) is 59.8 Å². The third-order valence-corrected chi connectivity index (χ3v) is 4.14. The summed E-state index contributed by atoms with van der Waals surface area (Å²) in [7, 11) is 3.17. The van der Waals surface area contributed by atoms with Gasteiger partial charge in [-0.1, -0.05) is 35.9 Å². The minimum Gasteiger partial charge on any atom is -0.497 e. The summed E-state index contributed by atoms with van der Waals surface area (Å²) in [6, 6.07) is 14.2. The summed E-state index contributed by atoms with van der Waals surface area (Å²) in [5, 5.41) is 2.83. The number of hydrogen-bond acceptors (Lipinski definition) is 4. The number of urea groups is 1. The Kier molecular flexibility index (Phi) is 7.70. The molecule has 2 aromatic rings. The number of benzene rings is 2. The van der Waals surface area contributed by atoms with Gasteiger partial charge in [-0.25, -0.2) is 4.79 Å². The molecule has 0 saturated heterocycles. The number of halogens is 1. The number of rotatable bonds is 8. The molecule has 27 heavy (non-hydrogen) atoms. The first-order chi connectivity index (χ1) is 13.1. The number of amides is 2. The number of methoxy groups -OCH3 is 2. The average Bonchev–Trinajstić information content (AvgIpc) is 2.71. The van der Waals surface area contributed by atoms with Crippen LogP contribution < -0.4 is 14.8 Å². The maximum absolute atomic E-state index is 12.6. The summed E-state index contributed by atoms with van der Waals surface area (Å²) in [5.74, 6) is 1.45. The van der Waals surface area contributed by atoms with E-state index in [-0.39, 0.29) is 11.7 Å². The van der Waals surface area contributed by atoms with Crippen molar-refractivity contribution in [3.63, 3.8) is 0 Å². The molecular weight excluding hydrogens is 368 g/mol. The van der Waals surface area contributed by atoms with Gasteiger partial charge in [0.05, 0.1) is 20.8 Å². The maximum Gasteiger partial charge on any atom is 0.323 e. The van der Waals surface area contributed by atoms with Gasteiger partial charge in [-0.15, -0.1) is 0 Å². The Bertz CT molecular complexity index is 789. The maximum atomic E-state index is 12.6. The van der Waals surface area contributed by atoms with Gasteiger partial charge in [0.25, 0.3) is 0 Å². The molecule has 2 rings (SSSR count). The third-order valence-electron chi connectivity index (χ3n) is 3.81. The van der Waals surface area contributed by atoms with Crippen molar-refractivity contribution in [2.75, 3.05) is 14.2 Å². The summed E-state index contributed by atoms with van der Waals surface area (Å²) >= 11 is 6.13. The number of aldehydes is 1. The van der Waals surface area contributed by atoms with Gasteiger partial charge in [0.15, 0.2) is 0 Å². The average molecular weight is 389 g/mol. The lowest BCUT2D eigenvalue weighted by Crippen LogP contribution is -2.37. The SMILES string of the molecule is COc1ccc(CNC(=O)N(Cc2ccc(OC)cc2)/C(Cl)=C\C=O)cc1. The first-order valence-electron chi connectivity index (χ1n) is 8.19. The number of allylic oxidation sites excluding steroid dienone is 1. The molecule has 0 bridgehead atoms. The van der Waals surface area contributed by atoms with Gasteiger partial charge < -0.3 is 14.8 Å². The molecule has 0 aromatic heterocycles. The van der Waals surface area contributed by atoms with Crippen molar-refractivity contribution in [2.45, 2.75) is 13.1 Å². The normalized spacial score (nSPS) is 10.9. The predicted molar refractivity (Wildman–Crippen MR) is 104 cm³/mol. The van der Waals surface area contributed by atoms with Gasteiger partial charge >= 0.3 is 6.03 Å². The summed E-state index contributed by atoms with van der Waals surface area (Å²) in [5.41, 5.74) is 1.75. The van der Waals surface area contributed by atoms with Crippen LogP contribution in [-0.2, 0) is 17.9 Å². The second-order valence-electron chi connectivity index (χ2n) is 5.57. The molecule has 1 N–H and O–H groups in total. The van der Waals surface area contributed by atoms with Crippen LogP contribution in [0.1, 0.15) is 11.1 Å². The van der Waals surface area contributed by atoms with Crippen molar-refractivity contribution in [3.05, 3.63) is 70.9 Å². The highest BCUT2D eigenvalue weighted by Crippen LogP contribution is 2.18. The molecule has 7 heteroatoms. The first kappa shape index (κ1) is 20.3. The van der Waals surface area contributed by atoms with Crippen LogP contribution >= 0.6 is 11.6 Å². The van der Waals surface area contributed by atoms with Crippen LogP contribution in [-0.4, -0.2) is 31.4 Å². The van der Waals surface area contributed by atoms with Gasteiger partial charge in [-0.05, 0) is 35.4 Å². The van der Waals surface area contributed by atoms with E-state index in [4.69, 9.17) is 21.1 Å². The van der Waals surface area contributed by atoms with Crippen molar-refractivity contribution < 1.29 is 19.1 Å². The van der Waals surface area contributed by atoms with E-state index >= 15 is 0 Å². The lowest BCUT2D eigenvalue weighted by Gasteiger charge is -2.22. The largest absolute Gasteiger partial charge is 0.497 e. The Morgan fingerprint density at radius 2 is 1.52 bits per heavy atom. The predicted octanol–water partition coefficient (Wildman–Crippen LogP) is 3.69. The van der Waals surface area contributed by atoms with Crippen molar-refractivity contribution in [1.29, 1.82) is 0 Å². The molecule has 0 aliphatic carbocycles. The van der Waals surface area contributed by atoms with E-state index in [1.807, 2.05) is 36.4 Å². The molecule has 0 aliphatic heterocycles. The van der Waals surface area contributed by atoms with Gasteiger partial charge in [-0.2, -0.15) is 0 Å². The molecule has 0 unspecified atom stereocenters. The number of carbonyl (C=O) groups is 2. The smallest absolute Gasteiger partial charge is 0.323 e. The minimum absolute atomic E-state index is 0.0352. The van der Waals surface area contributed by atoms with Crippen molar-refractivity contribution in [3.8, 4) is 11.5 Å². The summed E-state index contributed by atoms with van der Waals surface area (Å²) < 4.78 is 10.2. The molecule has 0 spiro atoms. The van der Waals surface area contributed by atoms with Crippen LogP contribution in [0.2, 0.25) is 0 Å². The Morgan fingerprint density at radius 1 is 1.00 bits per heavy atom. The molecule has 0 radical (unpaired) electrons. The number of hydrogen-bond donors (Lipinski definition) is 1. The van der Waals surface area contributed by atoms with E-state index in [1.165, 1.54) is 4.90 Å². The van der Waals surface area contributed by atoms with Crippen LogP contribution in [0.25, 0.3) is 0 Å². The van der Waals surface area contributed by atoms with Crippen molar-refractivity contribution in [2.24, 2.45) is 0 Å². The molecule has 0 aliphatic rings. The number of carbonyl (C=O) groups excluding carboxylic acids is 2. The highest BCUT2D eigenvalue weighted by atomic mass is 35.5. The molecule has 2 aromatic carbocycles. The molecular formula is C20H21ClN2O4. The quantitative estimate of drug-likeness (QED) is 0.425. The van der Waals surface area contributed by atoms with Crippen LogP contribution in [0, 0.1) is 0 Å². The van der Waals surface area contributed by atoms with E-state index in [2.05, 4.69) is 5.32 Å². The van der Waals surface area contributed by atoms with E-state index in [1.54, 1.807) is 26.4 Å². The molecule has 0 saturated carbocycles. The Balaban J connectivity index is 2.07. The Hall–Kier alpha value is -2.99. The summed E-state index contributed by atoms with van der Waals surface area (Å²) in [6.07, 6.45) is 1.68. The Morgan fingerprint density at radius 3 is 2.00 bits per heavy atom. The zero-order valence-corrected chi connectivity index (χ0v) is 15.9. The fourth-order valence-corrected chi connectivity index (χ4v) is 2.51. The molecule has 0 atom stereocenters. The zero-order valence-electron chi connectivity index (χ0n) is 15.1. The van der Waals surface area contributed by atoms with Crippen LogP contribution in [0.4, 0.5) is 4.79 Å². The van der Waals surface area contributed by atoms with E-state index < -0.39 is 6.03 Å². The van der Waals surface area contributed by atoms with Crippen LogP contribution in [0.3, 0.4) is 0 Å². The number of nitrogens with zero attached hydrogens (tertiary/aromatic N) is 1. The second kappa shape index (κ2) is 10.2. The highest BCUT2D eigenvalue weighted by Gasteiger charge is 2.17. The fraction of sp³-hybridized carbons (Fsp3) is 0.200. The van der Waals surface area contributed by atoms with Crippen LogP contribution in [0.5, 0.6) is 11.5 Å². The van der Waals surface area contributed by atoms with E-state index in [0.717, 1.165) is 23.0 Å². The van der Waals surface area contributed by atoms with E-state index in [0.29, 0.717) is 18.6 Å². The standard InChI is InChI=1S/C20H21ClN2O4/c1-26-17-7-3-15(4-8-17)13-22-20(25)23(19(21)11-12-24)14-16-5-9-18(27-2)10-6-16/h3-12H,13-14H2,1-2H3,(H,22,25)/b19-11-. The monoisotopic (exact) mass is 388 g/mol.